The van der Waals surface area contributed by atoms with E-state index in [-0.39, 0.29) is 48.4 Å². The number of nitrogens with one attached hydrogen (secondary N) is 2. The summed E-state index contributed by atoms with van der Waals surface area (Å²) < 4.78 is 8.16. The monoisotopic (exact) mass is 868 g/mol. The fraction of sp³-hybridized carbons (Fsp3) is 0.378. The summed E-state index contributed by atoms with van der Waals surface area (Å²) >= 11 is 12.6. The van der Waals surface area contributed by atoms with Crippen molar-refractivity contribution in [3.8, 4) is 22.3 Å². The zero-order valence-corrected chi connectivity index (χ0v) is 35.0. The lowest BCUT2D eigenvalue weighted by Crippen LogP contribution is -2.31. The van der Waals surface area contributed by atoms with E-state index in [9.17, 15) is 19.2 Å². The summed E-state index contributed by atoms with van der Waals surface area (Å²) in [5, 5.41) is 18.3. The van der Waals surface area contributed by atoms with E-state index in [1.807, 2.05) is 43.3 Å². The summed E-state index contributed by atoms with van der Waals surface area (Å²) in [4.78, 5) is 66.9. The molecule has 2 fully saturated rings. The number of carboxylic acids is 1. The number of fused-ring (bicyclic) bond motifs is 2. The summed E-state index contributed by atoms with van der Waals surface area (Å²) in [5.41, 5.74) is 3.11. The van der Waals surface area contributed by atoms with E-state index in [0.29, 0.717) is 74.9 Å². The number of pyridine rings is 2. The van der Waals surface area contributed by atoms with Gasteiger partial charge in [0.05, 0.1) is 18.4 Å². The summed E-state index contributed by atoms with van der Waals surface area (Å²) in [6.45, 7) is 2.24. The lowest BCUT2D eigenvalue weighted by atomic mass is 9.86. The van der Waals surface area contributed by atoms with Crippen molar-refractivity contribution in [2.24, 2.45) is 25.9 Å². The van der Waals surface area contributed by atoms with Crippen molar-refractivity contribution in [3.05, 3.63) is 104 Å². The van der Waals surface area contributed by atoms with Gasteiger partial charge in [-0.1, -0.05) is 67.0 Å². The van der Waals surface area contributed by atoms with Gasteiger partial charge in [0, 0.05) is 81.6 Å². The molecule has 2 saturated carbocycles. The first-order valence-electron chi connectivity index (χ1n) is 20.1. The molecule has 61 heavy (non-hydrogen) atoms. The fourth-order valence-electron chi connectivity index (χ4n) is 7.96. The summed E-state index contributed by atoms with van der Waals surface area (Å²) in [7, 11) is 3.38. The minimum atomic E-state index is -0.727. The molecule has 16 heteroatoms. The normalized spacial score (nSPS) is 18.6. The van der Waals surface area contributed by atoms with Crippen LogP contribution in [0.15, 0.2) is 82.6 Å². The Morgan fingerprint density at radius 2 is 1.10 bits per heavy atom. The molecule has 0 unspecified atom stereocenters. The first-order valence-corrected chi connectivity index (χ1v) is 20.8. The van der Waals surface area contributed by atoms with Crippen LogP contribution in [0.3, 0.4) is 0 Å². The lowest BCUT2D eigenvalue weighted by molar-refractivity contribution is -0.149. The second-order valence-corrected chi connectivity index (χ2v) is 16.0. The highest BCUT2D eigenvalue weighted by Crippen LogP contribution is 2.31. The van der Waals surface area contributed by atoms with Crippen molar-refractivity contribution in [2.45, 2.75) is 77.8 Å². The molecule has 2 aromatic carbocycles. The van der Waals surface area contributed by atoms with Gasteiger partial charge in [0.25, 0.3) is 11.1 Å². The number of esters is 1. The second-order valence-electron chi connectivity index (χ2n) is 15.2. The maximum Gasteiger partial charge on any atom is 0.308 e. The molecule has 0 amide bonds. The van der Waals surface area contributed by atoms with Crippen molar-refractivity contribution < 1.29 is 19.4 Å². The van der Waals surface area contributed by atoms with Crippen LogP contribution in [0.1, 0.15) is 65.7 Å². The third-order valence-electron chi connectivity index (χ3n) is 11.3. The predicted molar refractivity (Wildman–Crippen MR) is 240 cm³/mol. The molecule has 0 saturated heterocycles. The number of halogens is 2. The molecule has 2 aliphatic carbocycles. The van der Waals surface area contributed by atoms with E-state index in [1.54, 1.807) is 50.8 Å². The van der Waals surface area contributed by atoms with E-state index in [4.69, 9.17) is 33.0 Å². The van der Waals surface area contributed by atoms with Crippen molar-refractivity contribution in [1.82, 2.24) is 29.1 Å². The fourth-order valence-corrected chi connectivity index (χ4v) is 8.44. The van der Waals surface area contributed by atoms with Gasteiger partial charge in [0.1, 0.15) is 11.3 Å². The third kappa shape index (κ3) is 10.0. The number of aliphatic carboxylic acids is 1. The van der Waals surface area contributed by atoms with Crippen LogP contribution in [0.25, 0.3) is 44.3 Å². The van der Waals surface area contributed by atoms with Crippen molar-refractivity contribution >= 4 is 69.1 Å². The number of rotatable bonds is 9. The number of ether oxygens (including phenoxy) is 1. The number of carbonyl (C=O) groups excluding carboxylic acids is 1. The lowest BCUT2D eigenvalue weighted by Gasteiger charge is -2.27. The third-order valence-corrected chi connectivity index (χ3v) is 12.0. The van der Waals surface area contributed by atoms with Crippen LogP contribution in [0.2, 0.25) is 10.0 Å². The smallest absolute Gasteiger partial charge is 0.308 e. The van der Waals surface area contributed by atoms with Gasteiger partial charge in [0.15, 0.2) is 0 Å². The van der Waals surface area contributed by atoms with Gasteiger partial charge in [-0.25, -0.2) is 9.97 Å². The Bertz CT molecular complexity index is 2670. The molecule has 0 bridgehead atoms. The van der Waals surface area contributed by atoms with Gasteiger partial charge in [0.2, 0.25) is 11.9 Å². The zero-order chi connectivity index (χ0) is 42.5. The van der Waals surface area contributed by atoms with Gasteiger partial charge >= 0.3 is 11.9 Å². The Kier molecular flexibility index (Phi) is 14.4. The van der Waals surface area contributed by atoms with Crippen LogP contribution in [-0.2, 0) is 28.4 Å². The minimum Gasteiger partial charge on any atom is -0.481 e. The van der Waals surface area contributed by atoms with Crippen LogP contribution in [0.5, 0.6) is 0 Å². The van der Waals surface area contributed by atoms with E-state index in [2.05, 4.69) is 30.6 Å². The minimum absolute atomic E-state index is 0. The molecule has 8 rings (SSSR count). The largest absolute Gasteiger partial charge is 0.481 e. The summed E-state index contributed by atoms with van der Waals surface area (Å²) in [6, 6.07) is 18.4. The van der Waals surface area contributed by atoms with Crippen LogP contribution < -0.4 is 21.8 Å². The molecule has 0 radical (unpaired) electrons. The quantitative estimate of drug-likeness (QED) is 0.118. The average molecular weight is 870 g/mol. The molecule has 2 aliphatic rings. The highest BCUT2D eigenvalue weighted by Gasteiger charge is 2.28. The Morgan fingerprint density at radius 1 is 0.689 bits per heavy atom. The van der Waals surface area contributed by atoms with Crippen molar-refractivity contribution in [3.63, 3.8) is 0 Å². The van der Waals surface area contributed by atoms with E-state index < -0.39 is 5.97 Å². The predicted octanol–water partition coefficient (Wildman–Crippen LogP) is 8.52. The number of benzene rings is 2. The number of aromatic nitrogens is 6. The van der Waals surface area contributed by atoms with Gasteiger partial charge in [-0.2, -0.15) is 9.97 Å². The average Bonchev–Trinajstić information content (AvgIpc) is 3.25. The number of carbonyl (C=O) groups is 2. The highest BCUT2D eigenvalue weighted by atomic mass is 35.5. The Balaban J connectivity index is 0.000000201. The van der Waals surface area contributed by atoms with E-state index >= 15 is 0 Å². The molecule has 4 aromatic heterocycles. The number of hydrogen-bond donors (Lipinski definition) is 3. The highest BCUT2D eigenvalue weighted by molar-refractivity contribution is 6.33. The first kappa shape index (κ1) is 44.7. The number of nitrogens with zero attached hydrogens (tertiary/aromatic N) is 6. The Morgan fingerprint density at radius 3 is 1.49 bits per heavy atom. The first-order chi connectivity index (χ1) is 28.9. The number of aryl methyl sites for hydroxylation is 2. The standard InChI is InChI=1S/C23H25ClN4O3.C21H21ClN4O3.CH4/c1-3-31-22(30)14-8-10-16(11-9-14)26-23-25-13-15-12-18(17-6-4-5-7-19(17)24)21(29)28(2)20(15)27-23;1-26-18-13(10-16(19(26)27)15-4-2-3-5-17(15)22)11-23-21(25-18)24-14-8-6-12(7-9-14)20(28)29;/h4-7,12-14,16H,3,8-11H2,1-2H3,(H,25,26,27);2-5,10-12,14H,6-9H2,1H3,(H,28,29)(H,23,24,25);1H4. The van der Waals surface area contributed by atoms with Crippen molar-refractivity contribution in [1.29, 1.82) is 0 Å². The van der Waals surface area contributed by atoms with Crippen LogP contribution in [0, 0.1) is 11.8 Å². The second kappa shape index (κ2) is 19.7. The maximum absolute atomic E-state index is 13.0. The number of hydrogen-bond acceptors (Lipinski definition) is 11. The number of carboxylic acid groups (broad SMARTS) is 1. The van der Waals surface area contributed by atoms with Crippen molar-refractivity contribution in [2.75, 3.05) is 17.2 Å². The van der Waals surface area contributed by atoms with Crippen LogP contribution >= 0.6 is 23.2 Å². The summed E-state index contributed by atoms with van der Waals surface area (Å²) in [6.07, 6.45) is 9.44. The topological polar surface area (TPSA) is 183 Å². The van der Waals surface area contributed by atoms with E-state index in [0.717, 1.165) is 49.3 Å². The van der Waals surface area contributed by atoms with Crippen LogP contribution in [-0.4, -0.2) is 64.8 Å². The van der Waals surface area contributed by atoms with Crippen LogP contribution in [0.4, 0.5) is 11.9 Å². The number of anilines is 2. The molecule has 6 aromatic rings. The van der Waals surface area contributed by atoms with Gasteiger partial charge in [-0.05, 0) is 82.6 Å². The van der Waals surface area contributed by atoms with Gasteiger partial charge in [-0.3, -0.25) is 28.3 Å². The maximum atomic E-state index is 13.0. The Labute approximate surface area is 363 Å². The van der Waals surface area contributed by atoms with Gasteiger partial charge in [-0.15, -0.1) is 0 Å². The molecular formula is C45H50Cl2N8O6. The van der Waals surface area contributed by atoms with Gasteiger partial charge < -0.3 is 20.5 Å². The summed E-state index contributed by atoms with van der Waals surface area (Å²) in [5.74, 6) is -0.208. The Hall–Kier alpha value is -5.86. The molecule has 3 N–H and O–H groups in total. The van der Waals surface area contributed by atoms with E-state index in [1.165, 1.54) is 9.13 Å². The molecule has 0 aliphatic heterocycles. The SMILES string of the molecule is C.CCOC(=O)C1CCC(Nc2ncc3cc(-c4ccccc4Cl)c(=O)n(C)c3n2)CC1.Cn1c(=O)c(-c2ccccc2Cl)cc2cnc(NC3CCC(C(=O)O)CC3)nc21. The molecule has 4 heterocycles. The molecule has 0 spiro atoms. The molecule has 14 nitrogen and oxygen atoms in total. The molecule has 320 valence electrons. The zero-order valence-electron chi connectivity index (χ0n) is 33.5. The molecule has 0 atom stereocenters. The molecular weight excluding hydrogens is 819 g/mol.